The topological polar surface area (TPSA) is 103 Å². The van der Waals surface area contributed by atoms with Gasteiger partial charge in [-0.25, -0.2) is 9.78 Å². The van der Waals surface area contributed by atoms with Crippen LogP contribution in [0.5, 0.6) is 0 Å². The molecule has 2 aromatic rings. The molecule has 0 aliphatic heterocycles. The summed E-state index contributed by atoms with van der Waals surface area (Å²) in [6.45, 7) is 5.91. The lowest BCUT2D eigenvalue weighted by molar-refractivity contribution is -0.115. The van der Waals surface area contributed by atoms with Crippen molar-refractivity contribution >= 4 is 29.3 Å². The first kappa shape index (κ1) is 20.5. The molecule has 0 radical (unpaired) electrons. The minimum atomic E-state index is -1.05. The van der Waals surface area contributed by atoms with E-state index in [1.54, 1.807) is 18.2 Å². The molecule has 1 amide bonds. The smallest absolute Gasteiger partial charge is 0.335 e. The summed E-state index contributed by atoms with van der Waals surface area (Å²) < 4.78 is 0. The zero-order valence-electron chi connectivity index (χ0n) is 15.4. The fraction of sp³-hybridized carbons (Fsp3) is 0.300. The summed E-state index contributed by atoms with van der Waals surface area (Å²) in [6, 6.07) is 11.8. The number of benzene rings is 1. The third-order valence-corrected chi connectivity index (χ3v) is 5.25. The van der Waals surface area contributed by atoms with Gasteiger partial charge in [0.1, 0.15) is 11.1 Å². The molecule has 7 heteroatoms. The molecule has 140 valence electrons. The van der Waals surface area contributed by atoms with Gasteiger partial charge in [-0.05, 0) is 42.7 Å². The number of carbonyl (C=O) groups is 2. The molecule has 27 heavy (non-hydrogen) atoms. The second-order valence-corrected chi connectivity index (χ2v) is 7.44. The first-order valence-corrected chi connectivity index (χ1v) is 9.45. The molecule has 1 aromatic carbocycles. The number of carbonyl (C=O) groups excluding carboxylic acids is 1. The summed E-state index contributed by atoms with van der Waals surface area (Å²) in [5.41, 5.74) is 1.82. The Morgan fingerprint density at radius 1 is 1.30 bits per heavy atom. The van der Waals surface area contributed by atoms with Gasteiger partial charge in [-0.15, -0.1) is 0 Å². The number of amides is 1. The quantitative estimate of drug-likeness (QED) is 0.692. The van der Waals surface area contributed by atoms with E-state index in [9.17, 15) is 14.9 Å². The van der Waals surface area contributed by atoms with E-state index in [1.165, 1.54) is 23.9 Å². The second-order valence-electron chi connectivity index (χ2n) is 6.25. The maximum absolute atomic E-state index is 12.7. The Bertz CT molecular complexity index is 890. The number of nitriles is 1. The van der Waals surface area contributed by atoms with Crippen LogP contribution in [0.4, 0.5) is 5.69 Å². The minimum absolute atomic E-state index is 0.103. The molecule has 0 fully saturated rings. The molecular weight excluding hydrogens is 362 g/mol. The number of hydrogen-bond acceptors (Lipinski definition) is 5. The summed E-state index contributed by atoms with van der Waals surface area (Å²) in [6.07, 6.45) is 0.535. The largest absolute Gasteiger partial charge is 0.478 e. The van der Waals surface area contributed by atoms with Crippen molar-refractivity contribution in [1.29, 1.82) is 5.26 Å². The third kappa shape index (κ3) is 5.31. The summed E-state index contributed by atoms with van der Waals surface area (Å²) in [5, 5.41) is 21.2. The number of hydrogen-bond donors (Lipinski definition) is 2. The summed E-state index contributed by atoms with van der Waals surface area (Å²) in [4.78, 5) is 28.3. The monoisotopic (exact) mass is 383 g/mol. The number of aromatic carboxylic acids is 1. The molecule has 2 N–H and O–H groups in total. The molecule has 6 nitrogen and oxygen atoms in total. The number of nitrogens with zero attached hydrogens (tertiary/aromatic N) is 2. The van der Waals surface area contributed by atoms with Crippen LogP contribution in [0.2, 0.25) is 0 Å². The normalized spacial score (nSPS) is 11.7. The molecule has 0 aliphatic carbocycles. The van der Waals surface area contributed by atoms with Crippen LogP contribution in [0.25, 0.3) is 0 Å². The number of nitrogens with one attached hydrogen (secondary N) is 1. The Morgan fingerprint density at radius 2 is 2.04 bits per heavy atom. The molecule has 0 aliphatic rings. The molecule has 2 rings (SSSR count). The van der Waals surface area contributed by atoms with Gasteiger partial charge in [-0.1, -0.05) is 38.6 Å². The molecule has 1 unspecified atom stereocenters. The standard InChI is InChI=1S/C20H21N3O3S/c1-4-17(18(24)22-15-7-5-6-13(10-15)20(25)26)27-19-14(11-21)8-9-16(23-19)12(2)3/h5-10,12,17H,4H2,1-3H3,(H,22,24)(H,25,26). The van der Waals surface area contributed by atoms with Crippen LogP contribution in [0.1, 0.15) is 54.7 Å². The molecule has 1 atom stereocenters. The first-order chi connectivity index (χ1) is 12.8. The van der Waals surface area contributed by atoms with Crippen LogP contribution >= 0.6 is 11.8 Å². The van der Waals surface area contributed by atoms with E-state index < -0.39 is 11.2 Å². The van der Waals surface area contributed by atoms with Crippen LogP contribution in [-0.2, 0) is 4.79 Å². The molecular formula is C20H21N3O3S. The Labute approximate surface area is 162 Å². The Kier molecular flexibility index (Phi) is 6.97. The van der Waals surface area contributed by atoms with Crippen molar-refractivity contribution in [2.75, 3.05) is 5.32 Å². The average molecular weight is 383 g/mol. The van der Waals surface area contributed by atoms with E-state index in [1.807, 2.05) is 26.8 Å². The van der Waals surface area contributed by atoms with Gasteiger partial charge in [0.05, 0.1) is 16.4 Å². The highest BCUT2D eigenvalue weighted by Crippen LogP contribution is 2.29. The number of carboxylic acids is 1. The number of aromatic nitrogens is 1. The Hall–Kier alpha value is -2.85. The van der Waals surface area contributed by atoms with Crippen LogP contribution in [0, 0.1) is 11.3 Å². The highest BCUT2D eigenvalue weighted by Gasteiger charge is 2.21. The Balaban J connectivity index is 2.21. The molecule has 1 aromatic heterocycles. The maximum atomic E-state index is 12.7. The fourth-order valence-corrected chi connectivity index (χ4v) is 3.36. The van der Waals surface area contributed by atoms with E-state index in [0.717, 1.165) is 5.69 Å². The van der Waals surface area contributed by atoms with Gasteiger partial charge in [0.2, 0.25) is 5.91 Å². The fourth-order valence-electron chi connectivity index (χ4n) is 2.36. The van der Waals surface area contributed by atoms with Gasteiger partial charge < -0.3 is 10.4 Å². The lowest BCUT2D eigenvalue weighted by atomic mass is 10.1. The highest BCUT2D eigenvalue weighted by molar-refractivity contribution is 8.00. The number of thioether (sulfide) groups is 1. The van der Waals surface area contributed by atoms with Crippen molar-refractivity contribution in [3.05, 3.63) is 53.2 Å². The van der Waals surface area contributed by atoms with Crippen molar-refractivity contribution in [3.63, 3.8) is 0 Å². The van der Waals surface area contributed by atoms with Crippen LogP contribution in [0.15, 0.2) is 41.4 Å². The maximum Gasteiger partial charge on any atom is 0.335 e. The molecule has 0 spiro atoms. The van der Waals surface area contributed by atoms with Gasteiger partial charge >= 0.3 is 5.97 Å². The predicted octanol–water partition coefficient (Wildman–Crippen LogP) is 4.28. The molecule has 1 heterocycles. The number of carboxylic acid groups (broad SMARTS) is 1. The van der Waals surface area contributed by atoms with Gasteiger partial charge in [0.15, 0.2) is 0 Å². The van der Waals surface area contributed by atoms with E-state index in [-0.39, 0.29) is 17.4 Å². The van der Waals surface area contributed by atoms with E-state index in [4.69, 9.17) is 5.11 Å². The van der Waals surface area contributed by atoms with Crippen molar-refractivity contribution in [2.24, 2.45) is 0 Å². The molecule has 0 bridgehead atoms. The number of rotatable bonds is 7. The SMILES string of the molecule is CCC(Sc1nc(C(C)C)ccc1C#N)C(=O)Nc1cccc(C(=O)O)c1. The zero-order valence-corrected chi connectivity index (χ0v) is 16.2. The highest BCUT2D eigenvalue weighted by atomic mass is 32.2. The van der Waals surface area contributed by atoms with Gasteiger partial charge in [0, 0.05) is 11.4 Å². The van der Waals surface area contributed by atoms with Crippen LogP contribution in [0.3, 0.4) is 0 Å². The lowest BCUT2D eigenvalue weighted by Gasteiger charge is -2.16. The number of anilines is 1. The van der Waals surface area contributed by atoms with E-state index in [2.05, 4.69) is 16.4 Å². The number of pyridine rings is 1. The third-order valence-electron chi connectivity index (χ3n) is 3.89. The van der Waals surface area contributed by atoms with Crippen molar-refractivity contribution in [2.45, 2.75) is 43.4 Å². The predicted molar refractivity (Wildman–Crippen MR) is 105 cm³/mol. The summed E-state index contributed by atoms with van der Waals surface area (Å²) in [5.74, 6) is -1.10. The zero-order chi connectivity index (χ0) is 20.0. The lowest BCUT2D eigenvalue weighted by Crippen LogP contribution is -2.25. The van der Waals surface area contributed by atoms with E-state index >= 15 is 0 Å². The van der Waals surface area contributed by atoms with Crippen molar-refractivity contribution < 1.29 is 14.7 Å². The van der Waals surface area contributed by atoms with Gasteiger partial charge in [0.25, 0.3) is 0 Å². The minimum Gasteiger partial charge on any atom is -0.478 e. The van der Waals surface area contributed by atoms with Gasteiger partial charge in [-0.2, -0.15) is 5.26 Å². The second kappa shape index (κ2) is 9.19. The summed E-state index contributed by atoms with van der Waals surface area (Å²) >= 11 is 1.25. The first-order valence-electron chi connectivity index (χ1n) is 8.57. The van der Waals surface area contributed by atoms with Crippen LogP contribution < -0.4 is 5.32 Å². The van der Waals surface area contributed by atoms with Crippen molar-refractivity contribution in [1.82, 2.24) is 4.98 Å². The average Bonchev–Trinajstić information content (AvgIpc) is 2.65. The summed E-state index contributed by atoms with van der Waals surface area (Å²) in [7, 11) is 0. The van der Waals surface area contributed by atoms with E-state index in [0.29, 0.717) is 22.7 Å². The molecule has 0 saturated carbocycles. The van der Waals surface area contributed by atoms with Crippen LogP contribution in [-0.4, -0.2) is 27.2 Å². The molecule has 0 saturated heterocycles. The Morgan fingerprint density at radius 3 is 2.63 bits per heavy atom. The van der Waals surface area contributed by atoms with Crippen molar-refractivity contribution in [3.8, 4) is 6.07 Å². The van der Waals surface area contributed by atoms with Gasteiger partial charge in [-0.3, -0.25) is 4.79 Å².